The van der Waals surface area contributed by atoms with Crippen molar-refractivity contribution in [2.24, 2.45) is 0 Å². The van der Waals surface area contributed by atoms with Gasteiger partial charge in [0.2, 0.25) is 6.54 Å². The van der Waals surface area contributed by atoms with Crippen LogP contribution in [0.2, 0.25) is 5.02 Å². The van der Waals surface area contributed by atoms with Crippen molar-refractivity contribution in [2.75, 3.05) is 6.54 Å². The highest BCUT2D eigenvalue weighted by molar-refractivity contribution is 7.99. The van der Waals surface area contributed by atoms with Crippen molar-refractivity contribution in [1.29, 1.82) is 0 Å². The standard InChI is InChI=1S/C24H20ClFN4O3S/c1-16-27-28-24(30(16)19-8-3-2-4-9-19)34-23(14-29(31)32)17-11-12-22(20(25)13-17)33-15-18-7-5-6-10-21(18)26/h2-13,23H,14-15H2,1H3/t23-/m1/s1. The predicted molar refractivity (Wildman–Crippen MR) is 129 cm³/mol. The summed E-state index contributed by atoms with van der Waals surface area (Å²) >= 11 is 7.66. The zero-order valence-electron chi connectivity index (χ0n) is 18.1. The van der Waals surface area contributed by atoms with Crippen LogP contribution in [0.5, 0.6) is 5.75 Å². The molecular formula is C24H20ClFN4O3S. The molecule has 0 amide bonds. The zero-order chi connectivity index (χ0) is 24.1. The average molecular weight is 499 g/mol. The van der Waals surface area contributed by atoms with E-state index in [0.29, 0.717) is 27.9 Å². The van der Waals surface area contributed by atoms with E-state index in [0.717, 1.165) is 5.69 Å². The van der Waals surface area contributed by atoms with Crippen molar-refractivity contribution >= 4 is 23.4 Å². The Balaban J connectivity index is 1.57. The van der Waals surface area contributed by atoms with Gasteiger partial charge in [-0.2, -0.15) is 0 Å². The summed E-state index contributed by atoms with van der Waals surface area (Å²) in [7, 11) is 0. The van der Waals surface area contributed by atoms with Gasteiger partial charge in [0, 0.05) is 16.2 Å². The molecule has 174 valence electrons. The summed E-state index contributed by atoms with van der Waals surface area (Å²) in [6, 6.07) is 20.9. The molecule has 34 heavy (non-hydrogen) atoms. The molecule has 0 fully saturated rings. The van der Waals surface area contributed by atoms with Gasteiger partial charge in [0.1, 0.15) is 29.2 Å². The van der Waals surface area contributed by atoms with Crippen molar-refractivity contribution in [3.63, 3.8) is 0 Å². The first-order valence-corrected chi connectivity index (χ1v) is 11.6. The monoisotopic (exact) mass is 498 g/mol. The highest BCUT2D eigenvalue weighted by Gasteiger charge is 2.24. The van der Waals surface area contributed by atoms with Crippen LogP contribution in [-0.4, -0.2) is 26.2 Å². The lowest BCUT2D eigenvalue weighted by molar-refractivity contribution is -0.479. The minimum Gasteiger partial charge on any atom is -0.487 e. The summed E-state index contributed by atoms with van der Waals surface area (Å²) in [6.45, 7) is 1.50. The number of benzene rings is 3. The summed E-state index contributed by atoms with van der Waals surface area (Å²) in [5.74, 6) is 0.667. The molecule has 0 spiro atoms. The van der Waals surface area contributed by atoms with Gasteiger partial charge in [-0.1, -0.05) is 65.8 Å². The van der Waals surface area contributed by atoms with E-state index in [9.17, 15) is 14.5 Å². The van der Waals surface area contributed by atoms with E-state index in [1.807, 2.05) is 41.8 Å². The van der Waals surface area contributed by atoms with Gasteiger partial charge in [0.25, 0.3) is 0 Å². The SMILES string of the molecule is Cc1nnc(S[C@H](C[N+](=O)[O-])c2ccc(OCc3ccccc3F)c(Cl)c2)n1-c1ccccc1. The summed E-state index contributed by atoms with van der Waals surface area (Å²) in [6.07, 6.45) is 0. The topological polar surface area (TPSA) is 83.1 Å². The fourth-order valence-electron chi connectivity index (χ4n) is 3.37. The molecular weight excluding hydrogens is 479 g/mol. The van der Waals surface area contributed by atoms with E-state index < -0.39 is 5.25 Å². The number of ether oxygens (including phenoxy) is 1. The third-order valence-electron chi connectivity index (χ3n) is 5.04. The fraction of sp³-hybridized carbons (Fsp3) is 0.167. The van der Waals surface area contributed by atoms with Crippen LogP contribution in [-0.2, 0) is 6.61 Å². The smallest absolute Gasteiger partial charge is 0.220 e. The maximum Gasteiger partial charge on any atom is 0.220 e. The summed E-state index contributed by atoms with van der Waals surface area (Å²) in [4.78, 5) is 11.1. The quantitative estimate of drug-likeness (QED) is 0.158. The Morgan fingerprint density at radius 3 is 2.56 bits per heavy atom. The van der Waals surface area contributed by atoms with E-state index in [1.54, 1.807) is 36.4 Å². The van der Waals surface area contributed by atoms with Gasteiger partial charge in [-0.05, 0) is 42.8 Å². The molecule has 1 atom stereocenters. The molecule has 0 saturated carbocycles. The van der Waals surface area contributed by atoms with E-state index in [1.165, 1.54) is 17.8 Å². The molecule has 0 aliphatic heterocycles. The van der Waals surface area contributed by atoms with Crippen LogP contribution in [0, 0.1) is 22.9 Å². The van der Waals surface area contributed by atoms with Crippen molar-refractivity contribution in [3.8, 4) is 11.4 Å². The molecule has 0 bridgehead atoms. The minimum atomic E-state index is -0.570. The lowest BCUT2D eigenvalue weighted by atomic mass is 10.1. The number of halogens is 2. The maximum atomic E-state index is 13.9. The predicted octanol–water partition coefficient (Wildman–Crippen LogP) is 6.06. The molecule has 0 aliphatic carbocycles. The first-order chi connectivity index (χ1) is 16.4. The van der Waals surface area contributed by atoms with Crippen LogP contribution >= 0.6 is 23.4 Å². The zero-order valence-corrected chi connectivity index (χ0v) is 19.7. The number of rotatable bonds is 9. The molecule has 4 aromatic rings. The van der Waals surface area contributed by atoms with E-state index in [4.69, 9.17) is 16.3 Å². The number of nitrogens with zero attached hydrogens (tertiary/aromatic N) is 4. The third kappa shape index (κ3) is 5.55. The highest BCUT2D eigenvalue weighted by Crippen LogP contribution is 2.38. The van der Waals surface area contributed by atoms with Gasteiger partial charge >= 0.3 is 0 Å². The Bertz CT molecular complexity index is 1300. The number of thioether (sulfide) groups is 1. The molecule has 0 radical (unpaired) electrons. The normalized spacial score (nSPS) is 11.9. The number of aryl methyl sites for hydroxylation is 1. The van der Waals surface area contributed by atoms with Gasteiger partial charge in [0.15, 0.2) is 5.16 Å². The second-order valence-corrected chi connectivity index (χ2v) is 8.97. The van der Waals surface area contributed by atoms with Crippen molar-refractivity contribution < 1.29 is 14.1 Å². The molecule has 1 heterocycles. The number of nitro groups is 1. The Hall–Kier alpha value is -3.43. The van der Waals surface area contributed by atoms with E-state index in [2.05, 4.69) is 10.2 Å². The van der Waals surface area contributed by atoms with Crippen LogP contribution in [0.4, 0.5) is 4.39 Å². The molecule has 0 aliphatic rings. The number of hydrogen-bond donors (Lipinski definition) is 0. The molecule has 0 saturated heterocycles. The molecule has 0 unspecified atom stereocenters. The molecule has 4 rings (SSSR count). The second-order valence-electron chi connectivity index (χ2n) is 7.39. The molecule has 10 heteroatoms. The van der Waals surface area contributed by atoms with Crippen LogP contribution in [0.15, 0.2) is 78.0 Å². The fourth-order valence-corrected chi connectivity index (χ4v) is 4.78. The van der Waals surface area contributed by atoms with Gasteiger partial charge in [-0.25, -0.2) is 4.39 Å². The van der Waals surface area contributed by atoms with Crippen LogP contribution in [0.25, 0.3) is 5.69 Å². The van der Waals surface area contributed by atoms with Crippen molar-refractivity contribution in [2.45, 2.75) is 23.9 Å². The second kappa shape index (κ2) is 10.7. The van der Waals surface area contributed by atoms with Crippen LogP contribution in [0.3, 0.4) is 0 Å². The Kier molecular flexibility index (Phi) is 7.44. The number of para-hydroxylation sites is 1. The first kappa shape index (κ1) is 23.7. The minimum absolute atomic E-state index is 0.0122. The molecule has 0 N–H and O–H groups in total. The van der Waals surface area contributed by atoms with Gasteiger partial charge in [0.05, 0.1) is 5.02 Å². The Labute approximate surface area is 204 Å². The largest absolute Gasteiger partial charge is 0.487 e. The third-order valence-corrected chi connectivity index (χ3v) is 6.52. The Morgan fingerprint density at radius 2 is 1.85 bits per heavy atom. The maximum absolute atomic E-state index is 13.9. The highest BCUT2D eigenvalue weighted by atomic mass is 35.5. The van der Waals surface area contributed by atoms with Crippen LogP contribution in [0.1, 0.15) is 22.2 Å². The van der Waals surface area contributed by atoms with Gasteiger partial charge in [-0.15, -0.1) is 10.2 Å². The first-order valence-electron chi connectivity index (χ1n) is 10.3. The number of aromatic nitrogens is 3. The number of hydrogen-bond acceptors (Lipinski definition) is 6. The summed E-state index contributed by atoms with van der Waals surface area (Å²) in [5, 5.41) is 20.1. The van der Waals surface area contributed by atoms with E-state index >= 15 is 0 Å². The Morgan fingerprint density at radius 1 is 1.12 bits per heavy atom. The average Bonchev–Trinajstić information content (AvgIpc) is 3.19. The molecule has 7 nitrogen and oxygen atoms in total. The van der Waals surface area contributed by atoms with Gasteiger partial charge in [-0.3, -0.25) is 14.7 Å². The van der Waals surface area contributed by atoms with E-state index in [-0.39, 0.29) is 28.9 Å². The van der Waals surface area contributed by atoms with Crippen molar-refractivity contribution in [1.82, 2.24) is 14.8 Å². The molecule has 1 aromatic heterocycles. The van der Waals surface area contributed by atoms with Crippen molar-refractivity contribution in [3.05, 3.63) is 111 Å². The molecule has 3 aromatic carbocycles. The van der Waals surface area contributed by atoms with Crippen LogP contribution < -0.4 is 4.74 Å². The summed E-state index contributed by atoms with van der Waals surface area (Å²) < 4.78 is 21.4. The lowest BCUT2D eigenvalue weighted by Crippen LogP contribution is -2.11. The lowest BCUT2D eigenvalue weighted by Gasteiger charge is -2.16. The van der Waals surface area contributed by atoms with Gasteiger partial charge < -0.3 is 4.74 Å². The summed E-state index contributed by atoms with van der Waals surface area (Å²) in [5.41, 5.74) is 1.91.